The summed E-state index contributed by atoms with van der Waals surface area (Å²) in [5, 5.41) is 21.5. The van der Waals surface area contributed by atoms with Crippen molar-refractivity contribution in [2.75, 3.05) is 11.6 Å². The maximum absolute atomic E-state index is 11.0. The second-order valence-electron chi connectivity index (χ2n) is 4.45. The number of carboxylic acid groups (broad SMARTS) is 1. The molecular weight excluding hydrogens is 284 g/mol. The third-order valence-electron chi connectivity index (χ3n) is 3.09. The molecule has 0 heterocycles. The lowest BCUT2D eigenvalue weighted by Crippen LogP contribution is -2.01. The minimum atomic E-state index is -0.943. The van der Waals surface area contributed by atoms with E-state index in [0.29, 0.717) is 16.8 Å². The summed E-state index contributed by atoms with van der Waals surface area (Å²) in [6.45, 7) is 1.75. The van der Waals surface area contributed by atoms with Gasteiger partial charge in [0, 0.05) is 10.6 Å². The Morgan fingerprint density at radius 1 is 1.33 bits per heavy atom. The third kappa shape index (κ3) is 3.18. The lowest BCUT2D eigenvalue weighted by Gasteiger charge is -2.12. The van der Waals surface area contributed by atoms with Gasteiger partial charge in [-0.1, -0.05) is 6.07 Å². The molecule has 2 aromatic carbocycles. The van der Waals surface area contributed by atoms with Gasteiger partial charge in [0.05, 0.1) is 16.8 Å². The molecule has 0 bridgehead atoms. The highest BCUT2D eigenvalue weighted by Gasteiger charge is 2.10. The smallest absolute Gasteiger partial charge is 0.335 e. The molecule has 0 amide bonds. The predicted octanol–water partition coefficient (Wildman–Crippen LogP) is 4.03. The lowest BCUT2D eigenvalue weighted by atomic mass is 10.1. The minimum absolute atomic E-state index is 0.277. The molecule has 0 atom stereocenters. The van der Waals surface area contributed by atoms with Crippen molar-refractivity contribution in [3.05, 3.63) is 53.1 Å². The molecule has 2 aromatic rings. The number of aromatic carboxylic acids is 1. The SMILES string of the molecule is CSc1cccc(Nc2ccc(C(=O)O)c(C)c2)c1C#N. The van der Waals surface area contributed by atoms with Crippen LogP contribution < -0.4 is 5.32 Å². The fraction of sp³-hybridized carbons (Fsp3) is 0.125. The van der Waals surface area contributed by atoms with Crippen LogP contribution in [0, 0.1) is 18.3 Å². The first-order valence-corrected chi connectivity index (χ1v) is 7.47. The number of carbonyl (C=O) groups is 1. The number of nitrogens with zero attached hydrogens (tertiary/aromatic N) is 1. The Kier molecular flexibility index (Phi) is 4.51. The molecular formula is C16H14N2O2S. The molecule has 0 saturated carbocycles. The minimum Gasteiger partial charge on any atom is -0.478 e. The fourth-order valence-corrected chi connectivity index (χ4v) is 2.63. The Bertz CT molecular complexity index is 736. The van der Waals surface area contributed by atoms with Crippen molar-refractivity contribution in [2.24, 2.45) is 0 Å². The molecule has 0 fully saturated rings. The second-order valence-corrected chi connectivity index (χ2v) is 5.30. The average molecular weight is 298 g/mol. The number of benzene rings is 2. The topological polar surface area (TPSA) is 73.1 Å². The van der Waals surface area contributed by atoms with Crippen molar-refractivity contribution in [2.45, 2.75) is 11.8 Å². The van der Waals surface area contributed by atoms with Crippen LogP contribution in [0.2, 0.25) is 0 Å². The van der Waals surface area contributed by atoms with Crippen molar-refractivity contribution >= 4 is 29.1 Å². The summed E-state index contributed by atoms with van der Waals surface area (Å²) in [7, 11) is 0. The van der Waals surface area contributed by atoms with Crippen LogP contribution in [0.5, 0.6) is 0 Å². The molecule has 2 rings (SSSR count). The summed E-state index contributed by atoms with van der Waals surface area (Å²) in [5.74, 6) is -0.943. The zero-order valence-electron chi connectivity index (χ0n) is 11.7. The number of nitriles is 1. The Morgan fingerprint density at radius 3 is 2.67 bits per heavy atom. The van der Waals surface area contributed by atoms with Gasteiger partial charge in [-0.05, 0) is 49.1 Å². The number of rotatable bonds is 4. The Hall–Kier alpha value is -2.45. The number of thioether (sulfide) groups is 1. The molecule has 0 aliphatic heterocycles. The molecule has 0 unspecified atom stereocenters. The van der Waals surface area contributed by atoms with Gasteiger partial charge >= 0.3 is 5.97 Å². The van der Waals surface area contributed by atoms with Crippen LogP contribution in [0.15, 0.2) is 41.3 Å². The summed E-state index contributed by atoms with van der Waals surface area (Å²) < 4.78 is 0. The Labute approximate surface area is 127 Å². The molecule has 5 heteroatoms. The van der Waals surface area contributed by atoms with E-state index < -0.39 is 5.97 Å². The highest BCUT2D eigenvalue weighted by molar-refractivity contribution is 7.98. The standard InChI is InChI=1S/C16H14N2O2S/c1-10-8-11(6-7-12(10)16(19)20)18-14-4-3-5-15(21-2)13(14)9-17/h3-8,18H,1-2H3,(H,19,20). The molecule has 106 valence electrons. The van der Waals surface area contributed by atoms with Gasteiger partial charge in [-0.3, -0.25) is 0 Å². The van der Waals surface area contributed by atoms with E-state index in [9.17, 15) is 10.1 Å². The van der Waals surface area contributed by atoms with Gasteiger partial charge in [0.1, 0.15) is 6.07 Å². The molecule has 21 heavy (non-hydrogen) atoms. The Balaban J connectivity index is 2.37. The van der Waals surface area contributed by atoms with E-state index in [1.807, 2.05) is 24.5 Å². The monoisotopic (exact) mass is 298 g/mol. The number of aryl methyl sites for hydroxylation is 1. The van der Waals surface area contributed by atoms with Gasteiger partial charge in [0.2, 0.25) is 0 Å². The fourth-order valence-electron chi connectivity index (χ4n) is 2.06. The number of anilines is 2. The summed E-state index contributed by atoms with van der Waals surface area (Å²) in [6.07, 6.45) is 1.92. The largest absolute Gasteiger partial charge is 0.478 e. The van der Waals surface area contributed by atoms with Crippen LogP contribution in [0.1, 0.15) is 21.5 Å². The van der Waals surface area contributed by atoms with E-state index in [0.717, 1.165) is 10.6 Å². The van der Waals surface area contributed by atoms with Crippen LogP contribution in [-0.2, 0) is 0 Å². The van der Waals surface area contributed by atoms with E-state index >= 15 is 0 Å². The lowest BCUT2D eigenvalue weighted by molar-refractivity contribution is 0.0696. The van der Waals surface area contributed by atoms with Crippen LogP contribution in [0.3, 0.4) is 0 Å². The van der Waals surface area contributed by atoms with Gasteiger partial charge in [-0.25, -0.2) is 4.79 Å². The van der Waals surface area contributed by atoms with Gasteiger partial charge in [0.15, 0.2) is 0 Å². The molecule has 0 radical (unpaired) electrons. The number of carboxylic acids is 1. The van der Waals surface area contributed by atoms with Gasteiger partial charge in [-0.2, -0.15) is 5.26 Å². The number of hydrogen-bond acceptors (Lipinski definition) is 4. The van der Waals surface area contributed by atoms with Gasteiger partial charge in [-0.15, -0.1) is 11.8 Å². The molecule has 4 nitrogen and oxygen atoms in total. The zero-order valence-corrected chi connectivity index (χ0v) is 12.5. The van der Waals surface area contributed by atoms with Crippen molar-refractivity contribution in [3.63, 3.8) is 0 Å². The van der Waals surface area contributed by atoms with Gasteiger partial charge < -0.3 is 10.4 Å². The van der Waals surface area contributed by atoms with Crippen LogP contribution in [0.4, 0.5) is 11.4 Å². The first-order chi connectivity index (χ1) is 10.1. The maximum atomic E-state index is 11.0. The van der Waals surface area contributed by atoms with Crippen LogP contribution >= 0.6 is 11.8 Å². The first kappa shape index (κ1) is 14.9. The summed E-state index contributed by atoms with van der Waals surface area (Å²) in [6, 6.07) is 12.8. The van der Waals surface area contributed by atoms with Crippen LogP contribution in [-0.4, -0.2) is 17.3 Å². The molecule has 2 N–H and O–H groups in total. The second kappa shape index (κ2) is 6.33. The first-order valence-electron chi connectivity index (χ1n) is 6.25. The van der Waals surface area contributed by atoms with E-state index in [-0.39, 0.29) is 5.56 Å². The number of nitrogens with one attached hydrogen (secondary N) is 1. The van der Waals surface area contributed by atoms with Crippen molar-refractivity contribution in [3.8, 4) is 6.07 Å². The number of hydrogen-bond donors (Lipinski definition) is 2. The van der Waals surface area contributed by atoms with Gasteiger partial charge in [0.25, 0.3) is 0 Å². The normalized spacial score (nSPS) is 9.95. The van der Waals surface area contributed by atoms with Crippen molar-refractivity contribution in [1.82, 2.24) is 0 Å². The van der Waals surface area contributed by atoms with Crippen molar-refractivity contribution < 1.29 is 9.90 Å². The van der Waals surface area contributed by atoms with E-state index in [1.165, 1.54) is 11.8 Å². The molecule has 0 aromatic heterocycles. The summed E-state index contributed by atoms with van der Waals surface area (Å²) in [4.78, 5) is 11.9. The van der Waals surface area contributed by atoms with E-state index in [2.05, 4.69) is 11.4 Å². The predicted molar refractivity (Wildman–Crippen MR) is 84.4 cm³/mol. The molecule has 0 saturated heterocycles. The quantitative estimate of drug-likeness (QED) is 0.834. The molecule has 0 aliphatic carbocycles. The summed E-state index contributed by atoms with van der Waals surface area (Å²) in [5.41, 5.74) is 3.01. The highest BCUT2D eigenvalue weighted by Crippen LogP contribution is 2.29. The van der Waals surface area contributed by atoms with Crippen LogP contribution in [0.25, 0.3) is 0 Å². The third-order valence-corrected chi connectivity index (χ3v) is 3.87. The van der Waals surface area contributed by atoms with E-state index in [1.54, 1.807) is 25.1 Å². The summed E-state index contributed by atoms with van der Waals surface area (Å²) >= 11 is 1.51. The Morgan fingerprint density at radius 2 is 2.10 bits per heavy atom. The van der Waals surface area contributed by atoms with Crippen molar-refractivity contribution in [1.29, 1.82) is 5.26 Å². The van der Waals surface area contributed by atoms with E-state index in [4.69, 9.17) is 5.11 Å². The zero-order chi connectivity index (χ0) is 15.4. The maximum Gasteiger partial charge on any atom is 0.335 e. The molecule has 0 spiro atoms. The molecule has 0 aliphatic rings. The average Bonchev–Trinajstić information content (AvgIpc) is 2.46. The highest BCUT2D eigenvalue weighted by atomic mass is 32.2.